The van der Waals surface area contributed by atoms with Gasteiger partial charge in [0.25, 0.3) is 0 Å². The molecule has 0 radical (unpaired) electrons. The number of carbonyl (C=O) groups is 1. The van der Waals surface area contributed by atoms with Gasteiger partial charge in [-0.1, -0.05) is 36.0 Å². The number of carbonyl (C=O) groups excluding carboxylic acids is 1. The van der Waals surface area contributed by atoms with Crippen LogP contribution < -0.4 is 5.73 Å². The van der Waals surface area contributed by atoms with Crippen LogP contribution in [0.5, 0.6) is 0 Å². The molecule has 1 rings (SSSR count). The van der Waals surface area contributed by atoms with Gasteiger partial charge in [0, 0.05) is 10.6 Å². The summed E-state index contributed by atoms with van der Waals surface area (Å²) in [4.78, 5) is 15.2. The Bertz CT molecular complexity index is 457. The minimum absolute atomic E-state index is 0.215. The lowest BCUT2D eigenvalue weighted by Gasteiger charge is -2.02. The van der Waals surface area contributed by atoms with E-state index < -0.39 is 5.97 Å². The Morgan fingerprint density at radius 3 is 2.59 bits per heavy atom. The predicted molar refractivity (Wildman–Crippen MR) is 71.4 cm³/mol. The first-order chi connectivity index (χ1) is 8.04. The average Bonchev–Trinajstić information content (AvgIpc) is 2.30. The summed E-state index contributed by atoms with van der Waals surface area (Å²) in [6.07, 6.45) is 0. The Kier molecular flexibility index (Phi) is 5.06. The van der Waals surface area contributed by atoms with Gasteiger partial charge >= 0.3 is 5.97 Å². The van der Waals surface area contributed by atoms with Crippen molar-refractivity contribution in [3.8, 4) is 0 Å². The highest BCUT2D eigenvalue weighted by Gasteiger charge is 2.09. The molecule has 4 nitrogen and oxygen atoms in total. The maximum Gasteiger partial charge on any atom is 0.373 e. The number of aliphatic imine (C=N–C) groups is 1. The van der Waals surface area contributed by atoms with Crippen LogP contribution in [0.25, 0.3) is 0 Å². The number of esters is 1. The van der Waals surface area contributed by atoms with Crippen molar-refractivity contribution in [1.82, 2.24) is 0 Å². The van der Waals surface area contributed by atoms with E-state index in [1.165, 1.54) is 0 Å². The number of amidine groups is 1. The summed E-state index contributed by atoms with van der Waals surface area (Å²) in [6.45, 7) is 1.92. The molecule has 1 aromatic rings. The first-order valence-corrected chi connectivity index (χ1v) is 5.64. The van der Waals surface area contributed by atoms with Crippen LogP contribution in [0.4, 0.5) is 0 Å². The molecule has 0 unspecified atom stereocenters. The minimum atomic E-state index is -0.677. The van der Waals surface area contributed by atoms with Gasteiger partial charge in [0.05, 0.1) is 6.61 Å². The molecule has 0 amide bonds. The fourth-order valence-corrected chi connectivity index (χ4v) is 1.38. The maximum absolute atomic E-state index is 11.2. The molecule has 17 heavy (non-hydrogen) atoms. The zero-order valence-corrected chi connectivity index (χ0v) is 10.7. The first kappa shape index (κ1) is 13.6. The molecular weight excluding hydrogens is 260 g/mol. The van der Waals surface area contributed by atoms with Crippen molar-refractivity contribution in [2.45, 2.75) is 6.92 Å². The highest BCUT2D eigenvalue weighted by molar-refractivity contribution is 7.80. The van der Waals surface area contributed by atoms with Crippen LogP contribution in [-0.2, 0) is 9.53 Å². The molecule has 0 aromatic heterocycles. The second-order valence-corrected chi connectivity index (χ2v) is 3.85. The number of benzene rings is 1. The maximum atomic E-state index is 11.2. The van der Waals surface area contributed by atoms with Gasteiger partial charge in [0.1, 0.15) is 4.99 Å². The molecule has 0 atom stereocenters. The molecule has 1 aromatic carbocycles. The van der Waals surface area contributed by atoms with Gasteiger partial charge in [-0.25, -0.2) is 9.79 Å². The molecule has 0 aliphatic carbocycles. The van der Waals surface area contributed by atoms with Gasteiger partial charge in [-0.15, -0.1) is 0 Å². The highest BCUT2D eigenvalue weighted by atomic mass is 35.5. The molecule has 2 N–H and O–H groups in total. The van der Waals surface area contributed by atoms with E-state index in [0.29, 0.717) is 10.6 Å². The van der Waals surface area contributed by atoms with Gasteiger partial charge in [0.2, 0.25) is 5.84 Å². The van der Waals surface area contributed by atoms with E-state index in [0.717, 1.165) is 0 Å². The highest BCUT2D eigenvalue weighted by Crippen LogP contribution is 2.10. The van der Waals surface area contributed by atoms with Crippen LogP contribution in [0.3, 0.4) is 0 Å². The van der Waals surface area contributed by atoms with Crippen molar-refractivity contribution in [3.63, 3.8) is 0 Å². The van der Waals surface area contributed by atoms with Gasteiger partial charge in [-0.3, -0.25) is 0 Å². The standard InChI is InChI=1S/C11H11ClN2O2S/c1-2-16-11(15)9(13)14-10(17)7-3-5-8(12)6-4-7/h3-6H,2H2,1H3,(H2,13,14,17). The monoisotopic (exact) mass is 270 g/mol. The van der Waals surface area contributed by atoms with Crippen molar-refractivity contribution >= 4 is 40.6 Å². The van der Waals surface area contributed by atoms with Crippen LogP contribution in [0.2, 0.25) is 5.02 Å². The normalized spacial score (nSPS) is 11.1. The average molecular weight is 271 g/mol. The van der Waals surface area contributed by atoms with Crippen molar-refractivity contribution in [1.29, 1.82) is 0 Å². The number of thiocarbonyl (C=S) groups is 1. The fourth-order valence-electron chi connectivity index (χ4n) is 1.02. The number of hydrogen-bond acceptors (Lipinski definition) is 3. The van der Waals surface area contributed by atoms with Crippen molar-refractivity contribution in [2.24, 2.45) is 10.7 Å². The lowest BCUT2D eigenvalue weighted by Crippen LogP contribution is -2.27. The summed E-state index contributed by atoms with van der Waals surface area (Å²) in [5, 5.41) is 0.596. The second kappa shape index (κ2) is 6.32. The van der Waals surface area contributed by atoms with Crippen LogP contribution >= 0.6 is 23.8 Å². The number of hydrogen-bond donors (Lipinski definition) is 1. The third-order valence-corrected chi connectivity index (χ3v) is 2.38. The fraction of sp³-hybridized carbons (Fsp3) is 0.182. The molecule has 0 saturated heterocycles. The van der Waals surface area contributed by atoms with Crippen LogP contribution in [-0.4, -0.2) is 23.4 Å². The third kappa shape index (κ3) is 4.13. The Morgan fingerprint density at radius 1 is 1.47 bits per heavy atom. The lowest BCUT2D eigenvalue weighted by molar-refractivity contribution is -0.135. The first-order valence-electron chi connectivity index (χ1n) is 4.85. The van der Waals surface area contributed by atoms with E-state index >= 15 is 0 Å². The van der Waals surface area contributed by atoms with Crippen molar-refractivity contribution in [3.05, 3.63) is 34.9 Å². The summed E-state index contributed by atoms with van der Waals surface area (Å²) in [5.41, 5.74) is 6.10. The lowest BCUT2D eigenvalue weighted by atomic mass is 10.2. The molecule has 0 spiro atoms. The topological polar surface area (TPSA) is 64.7 Å². The molecule has 90 valence electrons. The van der Waals surface area contributed by atoms with Gasteiger partial charge in [-0.05, 0) is 19.1 Å². The van der Waals surface area contributed by atoms with E-state index in [2.05, 4.69) is 9.73 Å². The van der Waals surface area contributed by atoms with Gasteiger partial charge < -0.3 is 10.5 Å². The largest absolute Gasteiger partial charge is 0.460 e. The summed E-state index contributed by atoms with van der Waals surface area (Å²) >= 11 is 10.8. The zero-order chi connectivity index (χ0) is 12.8. The quantitative estimate of drug-likeness (QED) is 0.386. The summed E-state index contributed by atoms with van der Waals surface area (Å²) < 4.78 is 4.68. The molecule has 6 heteroatoms. The molecule has 0 heterocycles. The van der Waals surface area contributed by atoms with Crippen LogP contribution in [0.15, 0.2) is 29.3 Å². The molecule has 0 aliphatic rings. The Balaban J connectivity index is 2.81. The third-order valence-electron chi connectivity index (χ3n) is 1.80. The van der Waals surface area contributed by atoms with Crippen molar-refractivity contribution < 1.29 is 9.53 Å². The van der Waals surface area contributed by atoms with Crippen molar-refractivity contribution in [2.75, 3.05) is 6.61 Å². The molecule has 0 fully saturated rings. The zero-order valence-electron chi connectivity index (χ0n) is 9.14. The molecular formula is C11H11ClN2O2S. The number of ether oxygens (including phenoxy) is 1. The number of halogens is 1. The smallest absolute Gasteiger partial charge is 0.373 e. The predicted octanol–water partition coefficient (Wildman–Crippen LogP) is 1.94. The molecule has 0 saturated carbocycles. The summed E-state index contributed by atoms with van der Waals surface area (Å²) in [5.74, 6) is -0.935. The van der Waals surface area contributed by atoms with Crippen LogP contribution in [0.1, 0.15) is 12.5 Å². The molecule has 0 bridgehead atoms. The SMILES string of the molecule is CCOC(=O)C(N)=NC(=S)c1ccc(Cl)cc1. The van der Waals surface area contributed by atoms with E-state index in [9.17, 15) is 4.79 Å². The number of nitrogens with zero attached hydrogens (tertiary/aromatic N) is 1. The van der Waals surface area contributed by atoms with Gasteiger partial charge in [-0.2, -0.15) is 0 Å². The summed E-state index contributed by atoms with van der Waals surface area (Å²) in [6, 6.07) is 6.76. The Labute approximate surface area is 109 Å². The number of nitrogens with two attached hydrogens (primary N) is 1. The Hall–Kier alpha value is -1.46. The second-order valence-electron chi connectivity index (χ2n) is 3.03. The van der Waals surface area contributed by atoms with E-state index in [1.54, 1.807) is 31.2 Å². The number of rotatable bonds is 2. The summed E-state index contributed by atoms with van der Waals surface area (Å²) in [7, 11) is 0. The van der Waals surface area contributed by atoms with Gasteiger partial charge in [0.15, 0.2) is 0 Å². The van der Waals surface area contributed by atoms with E-state index in [4.69, 9.17) is 29.6 Å². The van der Waals surface area contributed by atoms with E-state index in [-0.39, 0.29) is 17.4 Å². The molecule has 0 aliphatic heterocycles. The Morgan fingerprint density at radius 2 is 2.06 bits per heavy atom. The van der Waals surface area contributed by atoms with Crippen LogP contribution in [0, 0.1) is 0 Å². The minimum Gasteiger partial charge on any atom is -0.460 e. The van der Waals surface area contributed by atoms with E-state index in [1.807, 2.05) is 0 Å².